The maximum absolute atomic E-state index is 6.92. The Balaban J connectivity index is 1.30. The number of hydrogen-bond acceptors (Lipinski definition) is 2. The van der Waals surface area contributed by atoms with Gasteiger partial charge >= 0.3 is 0 Å². The fourth-order valence-corrected chi connectivity index (χ4v) is 10.1. The van der Waals surface area contributed by atoms with Crippen LogP contribution in [0.2, 0.25) is 0 Å². The molecule has 0 aliphatic heterocycles. The molecule has 2 aromatic heterocycles. The van der Waals surface area contributed by atoms with E-state index >= 15 is 0 Å². The molecule has 0 bridgehead atoms. The highest BCUT2D eigenvalue weighted by molar-refractivity contribution is 6.31. The summed E-state index contributed by atoms with van der Waals surface area (Å²) in [6, 6.07) is 74.6. The van der Waals surface area contributed by atoms with E-state index in [1.807, 2.05) is 0 Å². The van der Waals surface area contributed by atoms with Crippen LogP contribution < -0.4 is 0 Å². The molecule has 0 N–H and O–H groups in total. The Morgan fingerprint density at radius 1 is 0.217 bits per heavy atom. The van der Waals surface area contributed by atoms with Crippen LogP contribution in [0.5, 0.6) is 0 Å². The quantitative estimate of drug-likeness (QED) is 0.167. The second-order valence-corrected chi connectivity index (χ2v) is 15.8. The molecule has 0 amide bonds. The summed E-state index contributed by atoms with van der Waals surface area (Å²) in [4.78, 5) is 0. The van der Waals surface area contributed by atoms with Gasteiger partial charge in [-0.15, -0.1) is 0 Å². The minimum Gasteiger partial charge on any atom is -0.455 e. The van der Waals surface area contributed by atoms with Gasteiger partial charge in [0.05, 0.1) is 0 Å². The van der Waals surface area contributed by atoms with E-state index in [9.17, 15) is 0 Å². The van der Waals surface area contributed by atoms with Gasteiger partial charge in [0.1, 0.15) is 22.3 Å². The van der Waals surface area contributed by atoms with Crippen molar-refractivity contribution in [3.8, 4) is 44.5 Å². The van der Waals surface area contributed by atoms with Crippen LogP contribution in [0.1, 0.15) is 0 Å². The lowest BCUT2D eigenvalue weighted by Gasteiger charge is -2.23. The molecule has 60 heavy (non-hydrogen) atoms. The van der Waals surface area contributed by atoms with E-state index in [1.165, 1.54) is 54.6 Å². The van der Waals surface area contributed by atoms with Gasteiger partial charge in [-0.05, 0) is 77.5 Å². The number of furan rings is 2. The summed E-state index contributed by atoms with van der Waals surface area (Å²) in [5, 5.41) is 13.9. The fraction of sp³-hybridized carbons (Fsp3) is 0. The van der Waals surface area contributed by atoms with Crippen LogP contribution in [-0.4, -0.2) is 0 Å². The molecule has 13 aromatic rings. The Kier molecular flexibility index (Phi) is 7.05. The first kappa shape index (κ1) is 33.1. The van der Waals surface area contributed by atoms with Gasteiger partial charge in [-0.25, -0.2) is 0 Å². The van der Waals surface area contributed by atoms with E-state index in [0.29, 0.717) is 0 Å². The fourth-order valence-electron chi connectivity index (χ4n) is 10.1. The third kappa shape index (κ3) is 4.70. The molecule has 0 spiro atoms. The molecule has 2 heteroatoms. The molecule has 0 saturated carbocycles. The van der Waals surface area contributed by atoms with Gasteiger partial charge in [-0.2, -0.15) is 0 Å². The summed E-state index contributed by atoms with van der Waals surface area (Å²) >= 11 is 0. The van der Waals surface area contributed by atoms with Crippen molar-refractivity contribution in [2.75, 3.05) is 0 Å². The zero-order valence-corrected chi connectivity index (χ0v) is 32.4. The van der Waals surface area contributed by atoms with E-state index in [2.05, 4.69) is 206 Å². The average molecular weight is 763 g/mol. The number of fused-ring (bicyclic) bond motifs is 10. The Hall–Kier alpha value is -7.94. The molecular weight excluding hydrogens is 729 g/mol. The van der Waals surface area contributed by atoms with E-state index in [4.69, 9.17) is 8.83 Å². The first-order valence-electron chi connectivity index (χ1n) is 20.6. The second-order valence-electron chi connectivity index (χ2n) is 15.8. The van der Waals surface area contributed by atoms with Crippen LogP contribution in [0.4, 0.5) is 0 Å². The molecule has 0 fully saturated rings. The second kappa shape index (κ2) is 12.8. The van der Waals surface area contributed by atoms with E-state index in [1.54, 1.807) is 0 Å². The lowest BCUT2D eigenvalue weighted by Crippen LogP contribution is -1.96. The van der Waals surface area contributed by atoms with Gasteiger partial charge in [0.2, 0.25) is 0 Å². The molecule has 278 valence electrons. The molecule has 0 atom stereocenters. The van der Waals surface area contributed by atoms with Crippen molar-refractivity contribution in [1.29, 1.82) is 0 Å². The van der Waals surface area contributed by atoms with Crippen molar-refractivity contribution in [2.24, 2.45) is 0 Å². The highest BCUT2D eigenvalue weighted by Crippen LogP contribution is 2.53. The van der Waals surface area contributed by atoms with E-state index < -0.39 is 0 Å². The molecule has 2 nitrogen and oxygen atoms in total. The molecule has 2 heterocycles. The topological polar surface area (TPSA) is 26.3 Å². The number of para-hydroxylation sites is 4. The Morgan fingerprint density at radius 3 is 1.00 bits per heavy atom. The summed E-state index contributed by atoms with van der Waals surface area (Å²) in [6.45, 7) is 0. The minimum absolute atomic E-state index is 0.882. The van der Waals surface area contributed by atoms with Crippen molar-refractivity contribution in [1.82, 2.24) is 0 Å². The smallest absolute Gasteiger partial charge is 0.143 e. The number of benzene rings is 11. The third-order valence-corrected chi connectivity index (χ3v) is 12.7. The normalized spacial score (nSPS) is 12.0. The molecule has 0 aliphatic rings. The predicted molar refractivity (Wildman–Crippen MR) is 253 cm³/mol. The van der Waals surface area contributed by atoms with Crippen molar-refractivity contribution < 1.29 is 8.83 Å². The van der Waals surface area contributed by atoms with Crippen molar-refractivity contribution in [3.63, 3.8) is 0 Å². The average Bonchev–Trinajstić information content (AvgIpc) is 3.89. The molecular formula is C58H34O2. The standard InChI is InChI=1S/C58H34O2/c1-3-19-37-35(15-1)17-9-23-39(37)43-25-11-29-47-53(43)55(49-31-13-27-45-41-21-5-7-33-51(41)59-57(45)49)48-30-12-26-44(40-24-10-18-36-16-2-4-20-38(36)40)54(48)56(47)50-32-14-28-46-42-22-6-8-34-52(42)60-58(46)50/h1-34H. The maximum Gasteiger partial charge on any atom is 0.143 e. The molecule has 13 rings (SSSR count). The molecule has 0 saturated heterocycles. The Morgan fingerprint density at radius 2 is 0.533 bits per heavy atom. The molecule has 0 radical (unpaired) electrons. The van der Waals surface area contributed by atoms with Gasteiger partial charge in [0.15, 0.2) is 0 Å². The number of rotatable bonds is 4. The summed E-state index contributed by atoms with van der Waals surface area (Å²) in [7, 11) is 0. The van der Waals surface area contributed by atoms with Crippen LogP contribution in [-0.2, 0) is 0 Å². The first-order valence-corrected chi connectivity index (χ1v) is 20.6. The zero-order valence-electron chi connectivity index (χ0n) is 32.4. The van der Waals surface area contributed by atoms with Crippen molar-refractivity contribution in [2.45, 2.75) is 0 Å². The van der Waals surface area contributed by atoms with Crippen molar-refractivity contribution >= 4 is 87.0 Å². The van der Waals surface area contributed by atoms with Crippen LogP contribution >= 0.6 is 0 Å². The van der Waals surface area contributed by atoms with Gasteiger partial charge in [-0.1, -0.05) is 194 Å². The van der Waals surface area contributed by atoms with Crippen LogP contribution in [0.3, 0.4) is 0 Å². The van der Waals surface area contributed by atoms with Gasteiger partial charge in [0.25, 0.3) is 0 Å². The lowest BCUT2D eigenvalue weighted by molar-refractivity contribution is 0.669. The molecule has 0 aliphatic carbocycles. The largest absolute Gasteiger partial charge is 0.455 e. The monoisotopic (exact) mass is 762 g/mol. The summed E-state index contributed by atoms with van der Waals surface area (Å²) in [5.41, 5.74) is 12.7. The minimum atomic E-state index is 0.882. The third-order valence-electron chi connectivity index (χ3n) is 12.7. The van der Waals surface area contributed by atoms with Gasteiger partial charge in [0, 0.05) is 43.8 Å². The van der Waals surface area contributed by atoms with E-state index in [-0.39, 0.29) is 0 Å². The summed E-state index contributed by atoms with van der Waals surface area (Å²) in [5.74, 6) is 0. The number of hydrogen-bond donors (Lipinski definition) is 0. The van der Waals surface area contributed by atoms with Crippen LogP contribution in [0.25, 0.3) is 131 Å². The SMILES string of the molecule is c1ccc2c(-c3cccc4c(-c5cccc6c5oc5ccccc56)c5c(-c6cccc7ccccc67)cccc5c(-c5cccc6c5oc5ccccc56)c34)cccc2c1. The first-order chi connectivity index (χ1) is 29.8. The lowest BCUT2D eigenvalue weighted by atomic mass is 9.79. The predicted octanol–water partition coefficient (Wildman–Crippen LogP) is 16.8. The van der Waals surface area contributed by atoms with Gasteiger partial charge < -0.3 is 8.83 Å². The maximum atomic E-state index is 6.92. The Labute approximate surface area is 345 Å². The zero-order chi connectivity index (χ0) is 39.3. The van der Waals surface area contributed by atoms with Crippen LogP contribution in [0.15, 0.2) is 215 Å². The Bertz CT molecular complexity index is 3630. The van der Waals surface area contributed by atoms with E-state index in [0.717, 1.165) is 76.9 Å². The summed E-state index contributed by atoms with van der Waals surface area (Å²) < 4.78 is 13.8. The summed E-state index contributed by atoms with van der Waals surface area (Å²) in [6.07, 6.45) is 0. The van der Waals surface area contributed by atoms with Gasteiger partial charge in [-0.3, -0.25) is 0 Å². The molecule has 11 aromatic carbocycles. The molecule has 0 unspecified atom stereocenters. The van der Waals surface area contributed by atoms with Crippen molar-refractivity contribution in [3.05, 3.63) is 206 Å². The highest BCUT2D eigenvalue weighted by Gasteiger charge is 2.26. The highest BCUT2D eigenvalue weighted by atomic mass is 16.3. The van der Waals surface area contributed by atoms with Crippen LogP contribution in [0, 0.1) is 0 Å².